The lowest BCUT2D eigenvalue weighted by atomic mass is 10.1. The zero-order valence-electron chi connectivity index (χ0n) is 14.0. The molecule has 3 heterocycles. The summed E-state index contributed by atoms with van der Waals surface area (Å²) in [4.78, 5) is 21.0. The predicted molar refractivity (Wildman–Crippen MR) is 86.6 cm³/mol. The van der Waals surface area contributed by atoms with Gasteiger partial charge in [0.05, 0.1) is 12.2 Å². The molecule has 0 spiro atoms. The van der Waals surface area contributed by atoms with Crippen LogP contribution in [0.15, 0.2) is 18.5 Å². The highest BCUT2D eigenvalue weighted by atomic mass is 32.2. The van der Waals surface area contributed by atoms with Crippen molar-refractivity contribution in [1.29, 1.82) is 0 Å². The maximum atomic E-state index is 12.9. The number of carbonyl (C=O) groups is 1. The van der Waals surface area contributed by atoms with E-state index >= 15 is 0 Å². The lowest BCUT2D eigenvalue weighted by Crippen LogP contribution is -2.44. The molecular formula is C15H16F3N5O2S. The van der Waals surface area contributed by atoms with Crippen LogP contribution in [-0.2, 0) is 24.0 Å². The number of aromatic nitrogens is 4. The maximum absolute atomic E-state index is 12.9. The molecule has 2 unspecified atom stereocenters. The smallest absolute Gasteiger partial charge is 0.328 e. The van der Waals surface area contributed by atoms with Crippen LogP contribution in [0.5, 0.6) is 0 Å². The third kappa shape index (κ3) is 3.76. The first kappa shape index (κ1) is 18.5. The van der Waals surface area contributed by atoms with Gasteiger partial charge in [-0.1, -0.05) is 0 Å². The Morgan fingerprint density at radius 1 is 1.35 bits per heavy atom. The molecule has 2 aromatic rings. The molecule has 1 aliphatic heterocycles. The van der Waals surface area contributed by atoms with Gasteiger partial charge < -0.3 is 4.90 Å². The van der Waals surface area contributed by atoms with Crippen LogP contribution < -0.4 is 0 Å². The molecular weight excluding hydrogens is 371 g/mol. The van der Waals surface area contributed by atoms with Gasteiger partial charge in [0, 0.05) is 53.4 Å². The average Bonchev–Trinajstić information content (AvgIpc) is 2.99. The van der Waals surface area contributed by atoms with Gasteiger partial charge in [0.15, 0.2) is 0 Å². The van der Waals surface area contributed by atoms with Crippen LogP contribution in [0.25, 0.3) is 0 Å². The number of nitrogens with zero attached hydrogens (tertiary/aromatic N) is 5. The fraction of sp³-hybridized carbons (Fsp3) is 0.467. The molecule has 7 nitrogen and oxygen atoms in total. The summed E-state index contributed by atoms with van der Waals surface area (Å²) in [5.74, 6) is -1.53. The number of aryl methyl sites for hydroxylation is 2. The van der Waals surface area contributed by atoms with E-state index < -0.39 is 34.7 Å². The normalized spacial score (nSPS) is 21.0. The number of hydrogen-bond donors (Lipinski definition) is 0. The lowest BCUT2D eigenvalue weighted by molar-refractivity contribution is -0.145. The van der Waals surface area contributed by atoms with Gasteiger partial charge in [-0.2, -0.15) is 18.3 Å². The van der Waals surface area contributed by atoms with E-state index in [0.29, 0.717) is 5.56 Å². The summed E-state index contributed by atoms with van der Waals surface area (Å²) >= 11 is 0. The molecule has 26 heavy (non-hydrogen) atoms. The zero-order chi connectivity index (χ0) is 19.1. The Morgan fingerprint density at radius 3 is 2.69 bits per heavy atom. The van der Waals surface area contributed by atoms with Crippen molar-refractivity contribution in [2.45, 2.75) is 19.1 Å². The van der Waals surface area contributed by atoms with E-state index in [1.165, 1.54) is 17.9 Å². The van der Waals surface area contributed by atoms with Crippen molar-refractivity contribution < 1.29 is 22.2 Å². The summed E-state index contributed by atoms with van der Waals surface area (Å²) in [6.45, 7) is 1.53. The summed E-state index contributed by atoms with van der Waals surface area (Å²) in [5.41, 5.74) is 0.399. The largest absolute Gasteiger partial charge is 0.451 e. The Bertz CT molecular complexity index is 867. The summed E-state index contributed by atoms with van der Waals surface area (Å²) in [6.07, 6.45) is -1.49. The van der Waals surface area contributed by atoms with Gasteiger partial charge in [-0.25, -0.2) is 9.97 Å². The first-order valence-electron chi connectivity index (χ1n) is 7.72. The molecule has 1 aliphatic rings. The number of alkyl halides is 3. The minimum atomic E-state index is -4.74. The third-order valence-corrected chi connectivity index (χ3v) is 5.30. The van der Waals surface area contributed by atoms with E-state index in [9.17, 15) is 22.2 Å². The predicted octanol–water partition coefficient (Wildman–Crippen LogP) is 1.48. The molecule has 1 saturated heterocycles. The Hall–Kier alpha value is -2.30. The Kier molecular flexibility index (Phi) is 4.82. The molecule has 2 aromatic heterocycles. The minimum absolute atomic E-state index is 0.0502. The van der Waals surface area contributed by atoms with Crippen LogP contribution in [-0.4, -0.2) is 52.8 Å². The van der Waals surface area contributed by atoms with E-state index in [2.05, 4.69) is 15.1 Å². The van der Waals surface area contributed by atoms with Crippen LogP contribution in [0.3, 0.4) is 0 Å². The Labute approximate surface area is 149 Å². The summed E-state index contributed by atoms with van der Waals surface area (Å²) in [6, 6.07) is 0.694. The molecule has 0 aromatic carbocycles. The van der Waals surface area contributed by atoms with Crippen LogP contribution in [0, 0.1) is 6.92 Å². The van der Waals surface area contributed by atoms with Gasteiger partial charge in [-0.05, 0) is 13.0 Å². The lowest BCUT2D eigenvalue weighted by Gasteiger charge is -2.34. The van der Waals surface area contributed by atoms with Gasteiger partial charge in [-0.3, -0.25) is 13.7 Å². The highest BCUT2D eigenvalue weighted by Crippen LogP contribution is 2.29. The zero-order valence-corrected chi connectivity index (χ0v) is 14.8. The van der Waals surface area contributed by atoms with Gasteiger partial charge in [0.25, 0.3) is 5.91 Å². The van der Waals surface area contributed by atoms with Crippen molar-refractivity contribution in [1.82, 2.24) is 24.6 Å². The molecule has 11 heteroatoms. The molecule has 0 N–H and O–H groups in total. The van der Waals surface area contributed by atoms with E-state index in [0.717, 1.165) is 0 Å². The Balaban J connectivity index is 1.97. The van der Waals surface area contributed by atoms with Crippen molar-refractivity contribution >= 4 is 16.7 Å². The fourth-order valence-corrected chi connectivity index (χ4v) is 4.08. The van der Waals surface area contributed by atoms with Crippen molar-refractivity contribution in [2.75, 3.05) is 18.1 Å². The van der Waals surface area contributed by atoms with Crippen LogP contribution in [0.1, 0.15) is 33.6 Å². The maximum Gasteiger partial charge on any atom is 0.451 e. The molecule has 1 amide bonds. The highest BCUT2D eigenvalue weighted by Gasteiger charge is 2.37. The van der Waals surface area contributed by atoms with Gasteiger partial charge >= 0.3 is 6.18 Å². The molecule has 140 valence electrons. The van der Waals surface area contributed by atoms with Crippen LogP contribution >= 0.6 is 0 Å². The second-order valence-corrected chi connectivity index (χ2v) is 7.61. The molecule has 3 rings (SSSR count). The van der Waals surface area contributed by atoms with Crippen molar-refractivity contribution in [3.8, 4) is 0 Å². The monoisotopic (exact) mass is 387 g/mol. The Morgan fingerprint density at radius 2 is 2.08 bits per heavy atom. The quantitative estimate of drug-likeness (QED) is 0.780. The molecule has 0 bridgehead atoms. The van der Waals surface area contributed by atoms with Crippen molar-refractivity contribution in [3.63, 3.8) is 0 Å². The second kappa shape index (κ2) is 6.78. The molecule has 0 aliphatic carbocycles. The van der Waals surface area contributed by atoms with Gasteiger partial charge in [0.2, 0.25) is 5.82 Å². The first-order valence-corrected chi connectivity index (χ1v) is 9.21. The molecule has 1 fully saturated rings. The topological polar surface area (TPSA) is 81.0 Å². The van der Waals surface area contributed by atoms with E-state index in [-0.39, 0.29) is 29.4 Å². The number of halogens is 3. The van der Waals surface area contributed by atoms with E-state index in [1.807, 2.05) is 0 Å². The number of carbonyl (C=O) groups excluding carboxylic acids is 1. The fourth-order valence-electron chi connectivity index (χ4n) is 2.79. The second-order valence-electron chi connectivity index (χ2n) is 5.99. The number of amides is 1. The minimum Gasteiger partial charge on any atom is -0.328 e. The summed E-state index contributed by atoms with van der Waals surface area (Å²) in [7, 11) is 0.586. The third-order valence-electron chi connectivity index (χ3n) is 3.98. The average molecular weight is 387 g/mol. The number of rotatable bonds is 2. The van der Waals surface area contributed by atoms with Crippen molar-refractivity contribution in [3.05, 3.63) is 41.2 Å². The van der Waals surface area contributed by atoms with Gasteiger partial charge in [-0.15, -0.1) is 0 Å². The van der Waals surface area contributed by atoms with Gasteiger partial charge in [0.1, 0.15) is 5.69 Å². The summed E-state index contributed by atoms with van der Waals surface area (Å²) < 4.78 is 52.4. The van der Waals surface area contributed by atoms with Crippen LogP contribution in [0.4, 0.5) is 13.2 Å². The van der Waals surface area contributed by atoms with E-state index in [1.54, 1.807) is 24.1 Å². The standard InChI is InChI=1S/C15H16F3N5O2S/c1-9-5-11(21-14(20-9)15(16,17)18)13(24)23-3-4-26(25)8-12(23)10-6-19-22(2)7-10/h5-7,12H,3-4,8H2,1-2H3. The molecule has 0 saturated carbocycles. The molecule has 2 atom stereocenters. The molecule has 0 radical (unpaired) electrons. The van der Waals surface area contributed by atoms with Crippen molar-refractivity contribution in [2.24, 2.45) is 7.05 Å². The van der Waals surface area contributed by atoms with Crippen LogP contribution in [0.2, 0.25) is 0 Å². The summed E-state index contributed by atoms with van der Waals surface area (Å²) in [5, 5.41) is 4.05. The first-order chi connectivity index (χ1) is 12.1. The van der Waals surface area contributed by atoms with E-state index in [4.69, 9.17) is 0 Å². The number of hydrogen-bond acceptors (Lipinski definition) is 5. The highest BCUT2D eigenvalue weighted by molar-refractivity contribution is 7.85. The SMILES string of the molecule is Cc1cc(C(=O)N2CCS(=O)CC2c2cnn(C)c2)nc(C(F)(F)F)n1.